The van der Waals surface area contributed by atoms with E-state index in [9.17, 15) is 14.3 Å². The lowest BCUT2D eigenvalue weighted by atomic mass is 10.1. The summed E-state index contributed by atoms with van der Waals surface area (Å²) in [4.78, 5) is 11.3. The normalized spacial score (nSPS) is 11.9. The molecule has 0 heterocycles. The first kappa shape index (κ1) is 13.1. The maximum absolute atomic E-state index is 13.7. The third kappa shape index (κ3) is 2.91. The van der Waals surface area contributed by atoms with Gasteiger partial charge in [-0.25, -0.2) is 9.18 Å². The van der Waals surface area contributed by atoms with Gasteiger partial charge in [0.05, 0.1) is 5.69 Å². The lowest BCUT2D eigenvalue weighted by Crippen LogP contribution is -2.21. The van der Waals surface area contributed by atoms with Crippen LogP contribution in [0.25, 0.3) is 0 Å². The number of aliphatic carboxylic acids is 1. The second-order valence-corrected chi connectivity index (χ2v) is 4.26. The number of halogens is 1. The summed E-state index contributed by atoms with van der Waals surface area (Å²) in [7, 11) is 0. The van der Waals surface area contributed by atoms with Crippen LogP contribution < -0.4 is 5.32 Å². The van der Waals surface area contributed by atoms with Crippen LogP contribution >= 0.6 is 0 Å². The first-order valence-electron chi connectivity index (χ1n) is 5.89. The Morgan fingerprint density at radius 3 is 2.42 bits per heavy atom. The maximum Gasteiger partial charge on any atom is 0.330 e. The molecule has 19 heavy (non-hydrogen) atoms. The lowest BCUT2D eigenvalue weighted by molar-refractivity contribution is -0.138. The molecule has 0 aliphatic carbocycles. The summed E-state index contributed by atoms with van der Waals surface area (Å²) in [6.07, 6.45) is 0. The third-order valence-electron chi connectivity index (χ3n) is 2.89. The van der Waals surface area contributed by atoms with E-state index in [-0.39, 0.29) is 5.69 Å². The summed E-state index contributed by atoms with van der Waals surface area (Å²) in [5, 5.41) is 12.0. The first-order chi connectivity index (χ1) is 9.09. The van der Waals surface area contributed by atoms with Gasteiger partial charge in [-0.3, -0.25) is 0 Å². The predicted molar refractivity (Wildman–Crippen MR) is 71.6 cm³/mol. The quantitative estimate of drug-likeness (QED) is 0.885. The van der Waals surface area contributed by atoms with Crippen molar-refractivity contribution in [2.75, 3.05) is 5.32 Å². The molecule has 2 rings (SSSR count). The van der Waals surface area contributed by atoms with Crippen LogP contribution in [0.2, 0.25) is 0 Å². The molecule has 0 spiro atoms. The van der Waals surface area contributed by atoms with Gasteiger partial charge in [0.2, 0.25) is 0 Å². The minimum atomic E-state index is -1.05. The molecule has 0 radical (unpaired) electrons. The van der Waals surface area contributed by atoms with Crippen LogP contribution in [-0.2, 0) is 4.79 Å². The zero-order chi connectivity index (χ0) is 13.8. The molecule has 2 N–H and O–H groups in total. The van der Waals surface area contributed by atoms with Crippen molar-refractivity contribution in [1.82, 2.24) is 0 Å². The van der Waals surface area contributed by atoms with Crippen molar-refractivity contribution >= 4 is 11.7 Å². The number of benzene rings is 2. The van der Waals surface area contributed by atoms with E-state index in [0.717, 1.165) is 0 Å². The molecule has 0 fully saturated rings. The largest absolute Gasteiger partial charge is 0.479 e. The first-order valence-corrected chi connectivity index (χ1v) is 5.89. The highest BCUT2D eigenvalue weighted by molar-refractivity contribution is 5.79. The van der Waals surface area contributed by atoms with Crippen LogP contribution in [0, 0.1) is 12.7 Å². The van der Waals surface area contributed by atoms with E-state index in [1.165, 1.54) is 6.07 Å². The molecule has 3 nitrogen and oxygen atoms in total. The van der Waals surface area contributed by atoms with Gasteiger partial charge in [-0.2, -0.15) is 0 Å². The molecular weight excluding hydrogens is 245 g/mol. The average Bonchev–Trinajstić information content (AvgIpc) is 2.39. The zero-order valence-electron chi connectivity index (χ0n) is 10.4. The number of aryl methyl sites for hydroxylation is 1. The number of hydrogen-bond donors (Lipinski definition) is 2. The van der Waals surface area contributed by atoms with Crippen LogP contribution in [0.5, 0.6) is 0 Å². The van der Waals surface area contributed by atoms with E-state index in [0.29, 0.717) is 11.1 Å². The van der Waals surface area contributed by atoms with E-state index >= 15 is 0 Å². The van der Waals surface area contributed by atoms with Gasteiger partial charge in [0.25, 0.3) is 0 Å². The number of anilines is 1. The highest BCUT2D eigenvalue weighted by atomic mass is 19.1. The van der Waals surface area contributed by atoms with E-state index in [1.54, 1.807) is 49.4 Å². The van der Waals surface area contributed by atoms with Crippen molar-refractivity contribution in [3.63, 3.8) is 0 Å². The second kappa shape index (κ2) is 5.52. The number of carboxylic acid groups (broad SMARTS) is 1. The SMILES string of the molecule is Cc1cccc(F)c1NC(C(=O)O)c1ccccc1. The number of carbonyl (C=O) groups is 1. The van der Waals surface area contributed by atoms with E-state index in [4.69, 9.17) is 0 Å². The fourth-order valence-corrected chi connectivity index (χ4v) is 1.89. The fraction of sp³-hybridized carbons (Fsp3) is 0.133. The molecule has 0 saturated heterocycles. The molecule has 2 aromatic rings. The molecule has 0 bridgehead atoms. The number of rotatable bonds is 4. The van der Waals surface area contributed by atoms with E-state index < -0.39 is 17.8 Å². The van der Waals surface area contributed by atoms with Crippen molar-refractivity contribution in [3.05, 3.63) is 65.5 Å². The van der Waals surface area contributed by atoms with Crippen molar-refractivity contribution < 1.29 is 14.3 Å². The van der Waals surface area contributed by atoms with Gasteiger partial charge in [0.1, 0.15) is 5.82 Å². The Balaban J connectivity index is 2.35. The molecule has 1 unspecified atom stereocenters. The number of para-hydroxylation sites is 1. The van der Waals surface area contributed by atoms with Crippen molar-refractivity contribution in [1.29, 1.82) is 0 Å². The van der Waals surface area contributed by atoms with Gasteiger partial charge in [-0.15, -0.1) is 0 Å². The Hall–Kier alpha value is -2.36. The molecule has 0 saturated carbocycles. The number of nitrogens with one attached hydrogen (secondary N) is 1. The minimum Gasteiger partial charge on any atom is -0.479 e. The highest BCUT2D eigenvalue weighted by Gasteiger charge is 2.21. The Kier molecular flexibility index (Phi) is 3.80. The van der Waals surface area contributed by atoms with Crippen molar-refractivity contribution in [3.8, 4) is 0 Å². The van der Waals surface area contributed by atoms with E-state index in [2.05, 4.69) is 5.32 Å². The topological polar surface area (TPSA) is 49.3 Å². The fourth-order valence-electron chi connectivity index (χ4n) is 1.89. The van der Waals surface area contributed by atoms with Gasteiger partial charge in [0.15, 0.2) is 6.04 Å². The number of carboxylic acids is 1. The third-order valence-corrected chi connectivity index (χ3v) is 2.89. The summed E-state index contributed by atoms with van der Waals surface area (Å²) in [6, 6.07) is 12.3. The standard InChI is InChI=1S/C15H14FNO2/c1-10-6-5-9-12(16)13(10)17-14(15(18)19)11-7-3-2-4-8-11/h2-9,14,17H,1H3,(H,18,19). The Bertz CT molecular complexity index is 564. The molecule has 0 aliphatic heterocycles. The lowest BCUT2D eigenvalue weighted by Gasteiger charge is -2.18. The molecule has 4 heteroatoms. The molecular formula is C15H14FNO2. The predicted octanol–water partition coefficient (Wildman–Crippen LogP) is 3.37. The smallest absolute Gasteiger partial charge is 0.330 e. The van der Waals surface area contributed by atoms with Gasteiger partial charge in [-0.1, -0.05) is 42.5 Å². The number of hydrogen-bond acceptors (Lipinski definition) is 2. The van der Waals surface area contributed by atoms with Crippen LogP contribution in [-0.4, -0.2) is 11.1 Å². The summed E-state index contributed by atoms with van der Waals surface area (Å²) < 4.78 is 13.7. The van der Waals surface area contributed by atoms with Gasteiger partial charge >= 0.3 is 5.97 Å². The minimum absolute atomic E-state index is 0.221. The highest BCUT2D eigenvalue weighted by Crippen LogP contribution is 2.25. The molecule has 98 valence electrons. The monoisotopic (exact) mass is 259 g/mol. The summed E-state index contributed by atoms with van der Waals surface area (Å²) >= 11 is 0. The van der Waals surface area contributed by atoms with Gasteiger partial charge in [0, 0.05) is 0 Å². The van der Waals surface area contributed by atoms with Crippen molar-refractivity contribution in [2.45, 2.75) is 13.0 Å². The van der Waals surface area contributed by atoms with Gasteiger partial charge in [-0.05, 0) is 24.1 Å². The Morgan fingerprint density at radius 2 is 1.84 bits per heavy atom. The Morgan fingerprint density at radius 1 is 1.16 bits per heavy atom. The molecule has 0 aliphatic rings. The van der Waals surface area contributed by atoms with Crippen molar-refractivity contribution in [2.24, 2.45) is 0 Å². The molecule has 1 atom stereocenters. The van der Waals surface area contributed by atoms with Gasteiger partial charge < -0.3 is 10.4 Å². The molecule has 0 amide bonds. The zero-order valence-corrected chi connectivity index (χ0v) is 10.4. The van der Waals surface area contributed by atoms with Crippen LogP contribution in [0.4, 0.5) is 10.1 Å². The maximum atomic E-state index is 13.7. The van der Waals surface area contributed by atoms with Crippen LogP contribution in [0.15, 0.2) is 48.5 Å². The van der Waals surface area contributed by atoms with E-state index in [1.807, 2.05) is 0 Å². The van der Waals surface area contributed by atoms with Crippen LogP contribution in [0.3, 0.4) is 0 Å². The average molecular weight is 259 g/mol. The molecule has 0 aromatic heterocycles. The summed E-state index contributed by atoms with van der Waals surface area (Å²) in [5.74, 6) is -1.50. The van der Waals surface area contributed by atoms with Crippen LogP contribution in [0.1, 0.15) is 17.2 Å². The second-order valence-electron chi connectivity index (χ2n) is 4.26. The Labute approximate surface area is 110 Å². The summed E-state index contributed by atoms with van der Waals surface area (Å²) in [5.41, 5.74) is 1.47. The molecule has 2 aromatic carbocycles. The summed E-state index contributed by atoms with van der Waals surface area (Å²) in [6.45, 7) is 1.73.